The quantitative estimate of drug-likeness (QED) is 0.532. The molecule has 1 rings (SSSR count). The van der Waals surface area contributed by atoms with E-state index in [0.29, 0.717) is 6.54 Å². The minimum atomic E-state index is -1.16. The van der Waals surface area contributed by atoms with Crippen molar-refractivity contribution in [2.75, 3.05) is 17.6 Å². The van der Waals surface area contributed by atoms with Gasteiger partial charge in [-0.15, -0.1) is 0 Å². The summed E-state index contributed by atoms with van der Waals surface area (Å²) in [5.41, 5.74) is 5.43. The molecule has 1 aromatic rings. The van der Waals surface area contributed by atoms with E-state index in [1.165, 1.54) is 6.07 Å². The predicted octanol–water partition coefficient (Wildman–Crippen LogP) is 2.32. The third-order valence-electron chi connectivity index (χ3n) is 2.22. The normalized spacial score (nSPS) is 10.1. The SMILES string of the molecule is CCCCNc1cc(C(=O)O)c(N)cc1F. The topological polar surface area (TPSA) is 75.3 Å². The maximum Gasteiger partial charge on any atom is 0.337 e. The summed E-state index contributed by atoms with van der Waals surface area (Å²) in [7, 11) is 0. The molecule has 4 nitrogen and oxygen atoms in total. The highest BCUT2D eigenvalue weighted by Gasteiger charge is 2.12. The molecule has 0 unspecified atom stereocenters. The van der Waals surface area contributed by atoms with E-state index in [2.05, 4.69) is 5.32 Å². The van der Waals surface area contributed by atoms with Crippen molar-refractivity contribution in [3.8, 4) is 0 Å². The Labute approximate surface area is 93.3 Å². The summed E-state index contributed by atoms with van der Waals surface area (Å²) in [5, 5.41) is 11.7. The fourth-order valence-electron chi connectivity index (χ4n) is 1.31. The van der Waals surface area contributed by atoms with Crippen molar-refractivity contribution < 1.29 is 14.3 Å². The number of carboxylic acid groups (broad SMARTS) is 1. The molecule has 16 heavy (non-hydrogen) atoms. The summed E-state index contributed by atoms with van der Waals surface area (Å²) in [6.45, 7) is 2.63. The van der Waals surface area contributed by atoms with Crippen LogP contribution in [0.3, 0.4) is 0 Å². The van der Waals surface area contributed by atoms with E-state index >= 15 is 0 Å². The van der Waals surface area contributed by atoms with Gasteiger partial charge in [-0.25, -0.2) is 9.18 Å². The zero-order valence-corrected chi connectivity index (χ0v) is 9.09. The van der Waals surface area contributed by atoms with E-state index in [1.54, 1.807) is 0 Å². The predicted molar refractivity (Wildman–Crippen MR) is 61.2 cm³/mol. The van der Waals surface area contributed by atoms with Crippen molar-refractivity contribution in [1.29, 1.82) is 0 Å². The molecule has 0 saturated heterocycles. The maximum absolute atomic E-state index is 13.4. The summed E-state index contributed by atoms with van der Waals surface area (Å²) < 4.78 is 13.4. The van der Waals surface area contributed by atoms with Crippen LogP contribution < -0.4 is 11.1 Å². The number of hydrogen-bond acceptors (Lipinski definition) is 3. The lowest BCUT2D eigenvalue weighted by atomic mass is 10.1. The number of nitrogens with one attached hydrogen (secondary N) is 1. The monoisotopic (exact) mass is 226 g/mol. The van der Waals surface area contributed by atoms with Gasteiger partial charge in [0.15, 0.2) is 0 Å². The second-order valence-electron chi connectivity index (χ2n) is 3.50. The third-order valence-corrected chi connectivity index (χ3v) is 2.22. The molecule has 0 heterocycles. The molecule has 0 aromatic heterocycles. The maximum atomic E-state index is 13.4. The molecular weight excluding hydrogens is 211 g/mol. The minimum absolute atomic E-state index is 0.0639. The number of carbonyl (C=O) groups is 1. The average molecular weight is 226 g/mol. The Morgan fingerprint density at radius 1 is 1.56 bits per heavy atom. The molecule has 0 atom stereocenters. The molecule has 88 valence electrons. The van der Waals surface area contributed by atoms with Crippen molar-refractivity contribution in [1.82, 2.24) is 0 Å². The summed E-state index contributed by atoms with van der Waals surface area (Å²) >= 11 is 0. The Balaban J connectivity index is 2.91. The number of anilines is 2. The Kier molecular flexibility index (Phi) is 4.10. The largest absolute Gasteiger partial charge is 0.478 e. The molecule has 0 fully saturated rings. The number of unbranched alkanes of at least 4 members (excludes halogenated alkanes) is 1. The first-order valence-electron chi connectivity index (χ1n) is 5.12. The Hall–Kier alpha value is -1.78. The van der Waals surface area contributed by atoms with Crippen LogP contribution >= 0.6 is 0 Å². The number of rotatable bonds is 5. The molecule has 5 heteroatoms. The first-order valence-corrected chi connectivity index (χ1v) is 5.12. The zero-order chi connectivity index (χ0) is 12.1. The van der Waals surface area contributed by atoms with Gasteiger partial charge in [0.2, 0.25) is 0 Å². The van der Waals surface area contributed by atoms with E-state index < -0.39 is 11.8 Å². The van der Waals surface area contributed by atoms with Gasteiger partial charge in [0.05, 0.1) is 11.3 Å². The zero-order valence-electron chi connectivity index (χ0n) is 9.09. The van der Waals surface area contributed by atoms with E-state index in [4.69, 9.17) is 10.8 Å². The van der Waals surface area contributed by atoms with E-state index in [-0.39, 0.29) is 16.9 Å². The lowest BCUT2D eigenvalue weighted by molar-refractivity contribution is 0.0698. The van der Waals surface area contributed by atoms with Crippen LogP contribution in [0.15, 0.2) is 12.1 Å². The minimum Gasteiger partial charge on any atom is -0.478 e. The number of halogens is 1. The van der Waals surface area contributed by atoms with Crippen LogP contribution in [0.5, 0.6) is 0 Å². The number of aromatic carboxylic acids is 1. The van der Waals surface area contributed by atoms with Crippen LogP contribution in [0.1, 0.15) is 30.1 Å². The number of nitrogens with two attached hydrogens (primary N) is 1. The second kappa shape index (κ2) is 5.34. The van der Waals surface area contributed by atoms with Gasteiger partial charge in [0.1, 0.15) is 5.82 Å². The fraction of sp³-hybridized carbons (Fsp3) is 0.364. The summed E-state index contributed by atoms with van der Waals surface area (Å²) in [5.74, 6) is -1.69. The molecule has 0 aliphatic carbocycles. The first kappa shape index (κ1) is 12.3. The van der Waals surface area contributed by atoms with Crippen molar-refractivity contribution >= 4 is 17.3 Å². The fourth-order valence-corrected chi connectivity index (χ4v) is 1.31. The number of nitrogen functional groups attached to an aromatic ring is 1. The van der Waals surface area contributed by atoms with Gasteiger partial charge in [-0.1, -0.05) is 13.3 Å². The number of hydrogen-bond donors (Lipinski definition) is 3. The van der Waals surface area contributed by atoms with E-state index in [9.17, 15) is 9.18 Å². The molecule has 0 saturated carbocycles. The highest BCUT2D eigenvalue weighted by Crippen LogP contribution is 2.22. The molecule has 0 bridgehead atoms. The Bertz CT molecular complexity index is 394. The first-order chi connectivity index (χ1) is 7.56. The third kappa shape index (κ3) is 2.85. The highest BCUT2D eigenvalue weighted by atomic mass is 19.1. The van der Waals surface area contributed by atoms with Gasteiger partial charge >= 0.3 is 5.97 Å². The smallest absolute Gasteiger partial charge is 0.337 e. The molecular formula is C11H15FN2O2. The van der Waals surface area contributed by atoms with Crippen LogP contribution in [0, 0.1) is 5.82 Å². The van der Waals surface area contributed by atoms with E-state index in [1.807, 2.05) is 6.92 Å². The lowest BCUT2D eigenvalue weighted by Crippen LogP contribution is -2.08. The van der Waals surface area contributed by atoms with Crippen molar-refractivity contribution in [3.05, 3.63) is 23.5 Å². The van der Waals surface area contributed by atoms with E-state index in [0.717, 1.165) is 18.9 Å². The van der Waals surface area contributed by atoms with Gasteiger partial charge in [-0.05, 0) is 18.6 Å². The Morgan fingerprint density at radius 3 is 2.81 bits per heavy atom. The lowest BCUT2D eigenvalue weighted by Gasteiger charge is -2.09. The summed E-state index contributed by atoms with van der Waals surface area (Å²) in [6.07, 6.45) is 1.88. The summed E-state index contributed by atoms with van der Waals surface area (Å²) in [6, 6.07) is 2.25. The Morgan fingerprint density at radius 2 is 2.25 bits per heavy atom. The van der Waals surface area contributed by atoms with Crippen LogP contribution in [0.2, 0.25) is 0 Å². The van der Waals surface area contributed by atoms with Crippen molar-refractivity contribution in [3.63, 3.8) is 0 Å². The highest BCUT2D eigenvalue weighted by molar-refractivity contribution is 5.94. The van der Waals surface area contributed by atoms with Crippen LogP contribution in [-0.4, -0.2) is 17.6 Å². The van der Waals surface area contributed by atoms with Gasteiger partial charge < -0.3 is 16.2 Å². The van der Waals surface area contributed by atoms with Crippen molar-refractivity contribution in [2.45, 2.75) is 19.8 Å². The standard InChI is InChI=1S/C11H15FN2O2/c1-2-3-4-14-10-5-7(11(15)16)9(13)6-8(10)12/h5-6,14H,2-4,13H2,1H3,(H,15,16). The molecule has 4 N–H and O–H groups in total. The van der Waals surface area contributed by atoms with Gasteiger partial charge in [-0.2, -0.15) is 0 Å². The number of benzene rings is 1. The molecule has 0 aliphatic rings. The molecule has 0 aliphatic heterocycles. The van der Waals surface area contributed by atoms with Gasteiger partial charge in [0, 0.05) is 12.2 Å². The van der Waals surface area contributed by atoms with Gasteiger partial charge in [0.25, 0.3) is 0 Å². The summed E-state index contributed by atoms with van der Waals surface area (Å²) in [4.78, 5) is 10.8. The van der Waals surface area contributed by atoms with Gasteiger partial charge in [-0.3, -0.25) is 0 Å². The average Bonchev–Trinajstić information content (AvgIpc) is 2.21. The van der Waals surface area contributed by atoms with Crippen LogP contribution in [0.4, 0.5) is 15.8 Å². The molecule has 0 amide bonds. The van der Waals surface area contributed by atoms with Crippen molar-refractivity contribution in [2.24, 2.45) is 0 Å². The number of carboxylic acids is 1. The second-order valence-corrected chi connectivity index (χ2v) is 3.50. The van der Waals surface area contributed by atoms with Crippen LogP contribution in [-0.2, 0) is 0 Å². The molecule has 0 spiro atoms. The molecule has 1 aromatic carbocycles. The molecule has 0 radical (unpaired) electrons. The van der Waals surface area contributed by atoms with Crippen LogP contribution in [0.25, 0.3) is 0 Å².